The van der Waals surface area contributed by atoms with Crippen LogP contribution in [0, 0.1) is 0 Å². The number of aliphatic hydroxyl groups is 1. The van der Waals surface area contributed by atoms with Gasteiger partial charge in [0.15, 0.2) is 0 Å². The number of β-amino-alcohol motifs (C(OH)–C–C–N with tert-alkyl or cyclic N) is 1. The van der Waals surface area contributed by atoms with Crippen LogP contribution in [0.25, 0.3) is 0 Å². The highest BCUT2D eigenvalue weighted by Crippen LogP contribution is 2.23. The van der Waals surface area contributed by atoms with Gasteiger partial charge in [-0.2, -0.15) is 0 Å². The van der Waals surface area contributed by atoms with Crippen molar-refractivity contribution in [3.63, 3.8) is 0 Å². The van der Waals surface area contributed by atoms with Crippen molar-refractivity contribution in [3.05, 3.63) is 60.2 Å². The highest BCUT2D eigenvalue weighted by Gasteiger charge is 2.20. The second kappa shape index (κ2) is 11.0. The maximum atomic E-state index is 10.4. The summed E-state index contributed by atoms with van der Waals surface area (Å²) in [6, 6.07) is 18.1. The highest BCUT2D eigenvalue weighted by atomic mass is 16.5. The molecule has 8 heteroatoms. The first-order valence-corrected chi connectivity index (χ1v) is 9.21. The van der Waals surface area contributed by atoms with Gasteiger partial charge in [-0.15, -0.1) is 0 Å². The van der Waals surface area contributed by atoms with Crippen LogP contribution >= 0.6 is 0 Å². The van der Waals surface area contributed by atoms with Crippen LogP contribution in [-0.4, -0.2) is 72.0 Å². The molecular formula is C21H26N2O6. The fourth-order valence-electron chi connectivity index (χ4n) is 3.02. The summed E-state index contributed by atoms with van der Waals surface area (Å²) in [6.07, 6.45) is -0.417. The van der Waals surface area contributed by atoms with Crippen molar-refractivity contribution >= 4 is 17.6 Å². The van der Waals surface area contributed by atoms with Crippen LogP contribution in [-0.2, 0) is 9.59 Å². The summed E-state index contributed by atoms with van der Waals surface area (Å²) in [6.45, 7) is 4.54. The van der Waals surface area contributed by atoms with E-state index < -0.39 is 18.0 Å². The van der Waals surface area contributed by atoms with Crippen LogP contribution in [0.1, 0.15) is 11.7 Å². The molecule has 0 saturated carbocycles. The number of rotatable bonds is 5. The van der Waals surface area contributed by atoms with E-state index in [1.54, 1.807) is 7.11 Å². The fraction of sp³-hybridized carbons (Fsp3) is 0.333. The zero-order valence-electron chi connectivity index (χ0n) is 16.3. The molecule has 1 unspecified atom stereocenters. The Hall–Kier alpha value is -3.10. The van der Waals surface area contributed by atoms with Crippen LogP contribution in [0.2, 0.25) is 0 Å². The summed E-state index contributed by atoms with van der Waals surface area (Å²) in [5, 5.41) is 25.1. The molecule has 29 heavy (non-hydrogen) atoms. The second-order valence-corrected chi connectivity index (χ2v) is 6.53. The highest BCUT2D eigenvalue weighted by molar-refractivity contribution is 6.27. The number of anilines is 1. The van der Waals surface area contributed by atoms with Gasteiger partial charge < -0.3 is 25.0 Å². The molecule has 0 amide bonds. The number of ether oxygens (including phenoxy) is 1. The third-order valence-electron chi connectivity index (χ3n) is 4.59. The molecule has 0 bridgehead atoms. The molecule has 2 aromatic rings. The molecule has 156 valence electrons. The molecule has 8 nitrogen and oxygen atoms in total. The standard InChI is InChI=1S/C19H24N2O2.C2H2O4/c1-23-18-9-5-8-17(14-18)21-12-10-20(11-13-21)15-19(22)16-6-3-2-4-7-16;3-1(4)2(5)6/h2-9,14,19,22H,10-13,15H2,1H3;(H,3,4)(H,5,6). The van der Waals surface area contributed by atoms with E-state index in [4.69, 9.17) is 24.5 Å². The Morgan fingerprint density at radius 2 is 1.59 bits per heavy atom. The molecule has 3 N–H and O–H groups in total. The van der Waals surface area contributed by atoms with E-state index in [1.165, 1.54) is 5.69 Å². The largest absolute Gasteiger partial charge is 0.497 e. The van der Waals surface area contributed by atoms with Gasteiger partial charge in [0.25, 0.3) is 0 Å². The number of aliphatic hydroxyl groups excluding tert-OH is 1. The predicted octanol–water partition coefficient (Wildman–Crippen LogP) is 1.71. The number of nitrogens with zero attached hydrogens (tertiary/aromatic N) is 2. The van der Waals surface area contributed by atoms with Crippen molar-refractivity contribution in [2.45, 2.75) is 6.10 Å². The van der Waals surface area contributed by atoms with Crippen molar-refractivity contribution < 1.29 is 29.6 Å². The van der Waals surface area contributed by atoms with Crippen molar-refractivity contribution in [2.75, 3.05) is 44.7 Å². The number of carbonyl (C=O) groups is 2. The summed E-state index contributed by atoms with van der Waals surface area (Å²) in [5.41, 5.74) is 2.19. The summed E-state index contributed by atoms with van der Waals surface area (Å²) in [5.74, 6) is -2.76. The van der Waals surface area contributed by atoms with Gasteiger partial charge in [-0.25, -0.2) is 9.59 Å². The quantitative estimate of drug-likeness (QED) is 0.649. The summed E-state index contributed by atoms with van der Waals surface area (Å²) in [7, 11) is 1.70. The zero-order valence-corrected chi connectivity index (χ0v) is 16.3. The molecule has 1 aliphatic heterocycles. The minimum Gasteiger partial charge on any atom is -0.497 e. The van der Waals surface area contributed by atoms with E-state index in [-0.39, 0.29) is 0 Å². The number of benzene rings is 2. The number of hydrogen-bond donors (Lipinski definition) is 3. The van der Waals surface area contributed by atoms with Crippen molar-refractivity contribution in [3.8, 4) is 5.75 Å². The molecule has 0 aromatic heterocycles. The van der Waals surface area contributed by atoms with Crippen molar-refractivity contribution in [1.29, 1.82) is 0 Å². The normalized spacial score (nSPS) is 15.0. The minimum atomic E-state index is -1.82. The van der Waals surface area contributed by atoms with Crippen LogP contribution in [0.3, 0.4) is 0 Å². The van der Waals surface area contributed by atoms with Gasteiger partial charge in [0.05, 0.1) is 13.2 Å². The molecule has 0 spiro atoms. The first-order chi connectivity index (χ1) is 13.9. The maximum Gasteiger partial charge on any atom is 0.414 e. The molecule has 1 heterocycles. The average Bonchev–Trinajstić information content (AvgIpc) is 2.75. The summed E-state index contributed by atoms with van der Waals surface area (Å²) in [4.78, 5) is 22.9. The van der Waals surface area contributed by atoms with Crippen LogP contribution in [0.5, 0.6) is 5.75 Å². The smallest absolute Gasteiger partial charge is 0.414 e. The van der Waals surface area contributed by atoms with Gasteiger partial charge in [0.1, 0.15) is 5.75 Å². The molecule has 1 aliphatic rings. The Labute approximate surface area is 169 Å². The SMILES string of the molecule is COc1cccc(N2CCN(CC(O)c3ccccc3)CC2)c1.O=C(O)C(=O)O. The molecule has 1 saturated heterocycles. The van der Waals surface area contributed by atoms with E-state index in [1.807, 2.05) is 42.5 Å². The first kappa shape index (κ1) is 22.2. The lowest BCUT2D eigenvalue weighted by atomic mass is 10.1. The van der Waals surface area contributed by atoms with Crippen LogP contribution in [0.4, 0.5) is 5.69 Å². The van der Waals surface area contributed by atoms with Gasteiger partial charge in [-0.05, 0) is 17.7 Å². The number of piperazine rings is 1. The number of hydrogen-bond acceptors (Lipinski definition) is 6. The van der Waals surface area contributed by atoms with Gasteiger partial charge >= 0.3 is 11.9 Å². The van der Waals surface area contributed by atoms with Gasteiger partial charge in [0.2, 0.25) is 0 Å². The number of methoxy groups -OCH3 is 1. The number of carboxylic acids is 2. The van der Waals surface area contributed by atoms with Crippen LogP contribution in [0.15, 0.2) is 54.6 Å². The number of carboxylic acid groups (broad SMARTS) is 2. The van der Waals surface area contributed by atoms with Crippen molar-refractivity contribution in [1.82, 2.24) is 4.90 Å². The second-order valence-electron chi connectivity index (χ2n) is 6.53. The summed E-state index contributed by atoms with van der Waals surface area (Å²) < 4.78 is 5.30. The van der Waals surface area contributed by atoms with E-state index in [9.17, 15) is 5.11 Å². The lowest BCUT2D eigenvalue weighted by Gasteiger charge is -2.37. The van der Waals surface area contributed by atoms with E-state index in [2.05, 4.69) is 21.9 Å². The fourth-order valence-corrected chi connectivity index (χ4v) is 3.02. The molecule has 1 fully saturated rings. The Bertz CT molecular complexity index is 779. The van der Waals surface area contributed by atoms with Crippen molar-refractivity contribution in [2.24, 2.45) is 0 Å². The minimum absolute atomic E-state index is 0.417. The lowest BCUT2D eigenvalue weighted by molar-refractivity contribution is -0.159. The van der Waals surface area contributed by atoms with Gasteiger partial charge in [0, 0.05) is 44.5 Å². The Morgan fingerprint density at radius 3 is 2.14 bits per heavy atom. The summed E-state index contributed by atoms with van der Waals surface area (Å²) >= 11 is 0. The maximum absolute atomic E-state index is 10.4. The third-order valence-corrected chi connectivity index (χ3v) is 4.59. The van der Waals surface area contributed by atoms with E-state index in [0.29, 0.717) is 6.54 Å². The molecule has 1 atom stereocenters. The zero-order chi connectivity index (χ0) is 21.2. The Morgan fingerprint density at radius 1 is 0.966 bits per heavy atom. The topological polar surface area (TPSA) is 111 Å². The van der Waals surface area contributed by atoms with E-state index >= 15 is 0 Å². The first-order valence-electron chi connectivity index (χ1n) is 9.21. The predicted molar refractivity (Wildman–Crippen MR) is 108 cm³/mol. The average molecular weight is 402 g/mol. The molecular weight excluding hydrogens is 376 g/mol. The van der Waals surface area contributed by atoms with Gasteiger partial charge in [-0.3, -0.25) is 4.90 Å². The molecule has 2 aromatic carbocycles. The third kappa shape index (κ3) is 7.10. The Kier molecular flexibility index (Phi) is 8.45. The van der Waals surface area contributed by atoms with E-state index in [0.717, 1.165) is 37.5 Å². The number of aliphatic carboxylic acids is 2. The monoisotopic (exact) mass is 402 g/mol. The molecule has 0 aliphatic carbocycles. The molecule has 3 rings (SSSR count). The lowest BCUT2D eigenvalue weighted by Crippen LogP contribution is -2.47. The Balaban J connectivity index is 0.000000438. The molecule has 0 radical (unpaired) electrons. The van der Waals surface area contributed by atoms with Crippen LogP contribution < -0.4 is 9.64 Å². The van der Waals surface area contributed by atoms with Gasteiger partial charge in [-0.1, -0.05) is 36.4 Å².